The minimum atomic E-state index is -0.0304. The molecule has 0 atom stereocenters. The largest absolute Gasteiger partial charge is 0.385 e. The summed E-state index contributed by atoms with van der Waals surface area (Å²) in [6.45, 7) is 5.82. The highest BCUT2D eigenvalue weighted by atomic mass is 16.1. The fourth-order valence-electron chi connectivity index (χ4n) is 2.71. The fourth-order valence-corrected chi connectivity index (χ4v) is 2.71. The van der Waals surface area contributed by atoms with Crippen molar-refractivity contribution in [3.05, 3.63) is 24.0 Å². The molecule has 1 heterocycles. The number of pyridine rings is 1. The first-order chi connectivity index (χ1) is 9.14. The number of hydrogen-bond donors (Lipinski definition) is 2. The van der Waals surface area contributed by atoms with Gasteiger partial charge in [-0.25, -0.2) is 0 Å². The van der Waals surface area contributed by atoms with Crippen molar-refractivity contribution < 1.29 is 4.79 Å². The zero-order valence-corrected chi connectivity index (χ0v) is 11.8. The minimum absolute atomic E-state index is 0.0304. The van der Waals surface area contributed by atoms with Crippen LogP contribution in [-0.4, -0.2) is 24.0 Å². The Hall–Kier alpha value is -1.58. The van der Waals surface area contributed by atoms with E-state index in [0.29, 0.717) is 5.56 Å². The van der Waals surface area contributed by atoms with E-state index >= 15 is 0 Å². The van der Waals surface area contributed by atoms with Crippen molar-refractivity contribution in [2.24, 2.45) is 5.41 Å². The van der Waals surface area contributed by atoms with Crippen molar-refractivity contribution in [3.63, 3.8) is 0 Å². The third kappa shape index (κ3) is 3.46. The Labute approximate surface area is 115 Å². The first-order valence-corrected chi connectivity index (χ1v) is 7.11. The quantitative estimate of drug-likeness (QED) is 0.857. The Morgan fingerprint density at radius 2 is 2.16 bits per heavy atom. The Balaban J connectivity index is 1.99. The second-order valence-corrected chi connectivity index (χ2v) is 5.65. The van der Waals surface area contributed by atoms with Gasteiger partial charge in [0.2, 0.25) is 0 Å². The predicted molar refractivity (Wildman–Crippen MR) is 77.3 cm³/mol. The third-order valence-electron chi connectivity index (χ3n) is 3.92. The molecule has 104 valence electrons. The second-order valence-electron chi connectivity index (χ2n) is 5.65. The summed E-state index contributed by atoms with van der Waals surface area (Å²) in [7, 11) is 0. The summed E-state index contributed by atoms with van der Waals surface area (Å²) in [6, 6.07) is 1.84. The Morgan fingerprint density at radius 1 is 1.42 bits per heavy atom. The maximum absolute atomic E-state index is 12.2. The molecule has 1 amide bonds. The van der Waals surface area contributed by atoms with Gasteiger partial charge in [0.1, 0.15) is 0 Å². The summed E-state index contributed by atoms with van der Waals surface area (Å²) in [5, 5.41) is 6.25. The average molecular weight is 261 g/mol. The van der Waals surface area contributed by atoms with E-state index in [4.69, 9.17) is 0 Å². The number of hydrogen-bond acceptors (Lipinski definition) is 3. The molecule has 1 saturated carbocycles. The van der Waals surface area contributed by atoms with E-state index in [9.17, 15) is 4.79 Å². The zero-order valence-electron chi connectivity index (χ0n) is 11.8. The summed E-state index contributed by atoms with van der Waals surface area (Å²) in [4.78, 5) is 16.3. The van der Waals surface area contributed by atoms with Crippen LogP contribution in [0.2, 0.25) is 0 Å². The highest BCUT2D eigenvalue weighted by molar-refractivity contribution is 5.99. The van der Waals surface area contributed by atoms with Crippen LogP contribution in [0.4, 0.5) is 5.69 Å². The first kappa shape index (κ1) is 13.8. The lowest BCUT2D eigenvalue weighted by molar-refractivity contribution is 0.0934. The van der Waals surface area contributed by atoms with Crippen LogP contribution in [0, 0.1) is 5.41 Å². The van der Waals surface area contributed by atoms with Crippen LogP contribution in [0.25, 0.3) is 0 Å². The normalized spacial score (nSPS) is 17.2. The zero-order chi connectivity index (χ0) is 13.7. The summed E-state index contributed by atoms with van der Waals surface area (Å²) in [6.07, 6.45) is 8.31. The van der Waals surface area contributed by atoms with Crippen molar-refractivity contribution in [2.75, 3.05) is 18.4 Å². The van der Waals surface area contributed by atoms with E-state index in [1.54, 1.807) is 12.4 Å². The molecule has 1 aromatic rings. The molecule has 1 fully saturated rings. The number of amides is 1. The van der Waals surface area contributed by atoms with E-state index in [-0.39, 0.29) is 11.3 Å². The van der Waals surface area contributed by atoms with Gasteiger partial charge in [-0.15, -0.1) is 0 Å². The van der Waals surface area contributed by atoms with Crippen LogP contribution in [0.15, 0.2) is 18.5 Å². The van der Waals surface area contributed by atoms with Crippen molar-refractivity contribution in [1.82, 2.24) is 10.3 Å². The third-order valence-corrected chi connectivity index (χ3v) is 3.92. The lowest BCUT2D eigenvalue weighted by atomic mass is 9.89. The van der Waals surface area contributed by atoms with E-state index < -0.39 is 0 Å². The Kier molecular flexibility index (Phi) is 4.40. The predicted octanol–water partition coefficient (Wildman–Crippen LogP) is 2.82. The van der Waals surface area contributed by atoms with Crippen molar-refractivity contribution in [1.29, 1.82) is 0 Å². The van der Waals surface area contributed by atoms with Crippen LogP contribution in [0.5, 0.6) is 0 Å². The molecule has 2 rings (SSSR count). The van der Waals surface area contributed by atoms with Crippen LogP contribution >= 0.6 is 0 Å². The molecule has 0 aromatic carbocycles. The maximum Gasteiger partial charge on any atom is 0.254 e. The van der Waals surface area contributed by atoms with Gasteiger partial charge >= 0.3 is 0 Å². The summed E-state index contributed by atoms with van der Waals surface area (Å²) in [5.41, 5.74) is 1.76. The number of carbonyl (C=O) groups excluding carboxylic acids is 1. The van der Waals surface area contributed by atoms with Gasteiger partial charge in [-0.05, 0) is 31.2 Å². The topological polar surface area (TPSA) is 54.0 Å². The highest BCUT2D eigenvalue weighted by Gasteiger charge is 2.29. The molecule has 1 aliphatic rings. The van der Waals surface area contributed by atoms with E-state index in [1.165, 1.54) is 25.7 Å². The first-order valence-electron chi connectivity index (χ1n) is 7.11. The second kappa shape index (κ2) is 6.04. The van der Waals surface area contributed by atoms with Gasteiger partial charge < -0.3 is 10.6 Å². The van der Waals surface area contributed by atoms with Crippen LogP contribution in [-0.2, 0) is 0 Å². The standard InChI is InChI=1S/C15H23N3O/c1-3-17-13-6-9-16-10-12(13)14(19)18-11-15(2)7-4-5-8-15/h6,9-10H,3-5,7-8,11H2,1-2H3,(H,16,17)(H,18,19). The van der Waals surface area contributed by atoms with Gasteiger partial charge in [0.05, 0.1) is 11.3 Å². The van der Waals surface area contributed by atoms with Crippen molar-refractivity contribution in [3.8, 4) is 0 Å². The van der Waals surface area contributed by atoms with E-state index in [0.717, 1.165) is 18.8 Å². The number of aromatic nitrogens is 1. The van der Waals surface area contributed by atoms with Crippen molar-refractivity contribution in [2.45, 2.75) is 39.5 Å². The summed E-state index contributed by atoms with van der Waals surface area (Å²) in [5.74, 6) is -0.0304. The molecule has 0 aliphatic heterocycles. The van der Waals surface area contributed by atoms with Gasteiger partial charge in [-0.3, -0.25) is 9.78 Å². The summed E-state index contributed by atoms with van der Waals surface area (Å²) < 4.78 is 0. The van der Waals surface area contributed by atoms with Gasteiger partial charge in [0.15, 0.2) is 0 Å². The average Bonchev–Trinajstić information content (AvgIpc) is 2.85. The van der Waals surface area contributed by atoms with Gasteiger partial charge in [0.25, 0.3) is 5.91 Å². The van der Waals surface area contributed by atoms with Crippen molar-refractivity contribution >= 4 is 11.6 Å². The molecule has 2 N–H and O–H groups in total. The number of nitrogens with zero attached hydrogens (tertiary/aromatic N) is 1. The molecular weight excluding hydrogens is 238 g/mol. The van der Waals surface area contributed by atoms with Gasteiger partial charge in [-0.2, -0.15) is 0 Å². The van der Waals surface area contributed by atoms with E-state index in [1.807, 2.05) is 13.0 Å². The Morgan fingerprint density at radius 3 is 2.84 bits per heavy atom. The molecule has 0 radical (unpaired) electrons. The maximum atomic E-state index is 12.2. The molecular formula is C15H23N3O. The molecule has 4 nitrogen and oxygen atoms in total. The number of rotatable bonds is 5. The van der Waals surface area contributed by atoms with Gasteiger partial charge in [0, 0.05) is 25.5 Å². The number of anilines is 1. The summed E-state index contributed by atoms with van der Waals surface area (Å²) >= 11 is 0. The van der Waals surface area contributed by atoms with Gasteiger partial charge in [-0.1, -0.05) is 19.8 Å². The van der Waals surface area contributed by atoms with Crippen LogP contribution in [0.1, 0.15) is 49.9 Å². The molecule has 19 heavy (non-hydrogen) atoms. The number of carbonyl (C=O) groups is 1. The smallest absolute Gasteiger partial charge is 0.254 e. The lowest BCUT2D eigenvalue weighted by Gasteiger charge is -2.24. The highest BCUT2D eigenvalue weighted by Crippen LogP contribution is 2.36. The molecule has 4 heteroatoms. The minimum Gasteiger partial charge on any atom is -0.385 e. The van der Waals surface area contributed by atoms with E-state index in [2.05, 4.69) is 22.5 Å². The molecule has 0 spiro atoms. The molecule has 0 saturated heterocycles. The lowest BCUT2D eigenvalue weighted by Crippen LogP contribution is -2.34. The molecule has 1 aliphatic carbocycles. The fraction of sp³-hybridized carbons (Fsp3) is 0.600. The number of nitrogens with one attached hydrogen (secondary N) is 2. The molecule has 1 aromatic heterocycles. The monoisotopic (exact) mass is 261 g/mol. The molecule has 0 bridgehead atoms. The van der Waals surface area contributed by atoms with Crippen LogP contribution < -0.4 is 10.6 Å². The Bertz CT molecular complexity index is 439. The van der Waals surface area contributed by atoms with Crippen LogP contribution in [0.3, 0.4) is 0 Å². The molecule has 0 unspecified atom stereocenters. The SMILES string of the molecule is CCNc1ccncc1C(=O)NCC1(C)CCCC1.